The molecule has 1 aromatic heterocycles. The first-order chi connectivity index (χ1) is 8.15. The van der Waals surface area contributed by atoms with Gasteiger partial charge < -0.3 is 4.42 Å². The summed E-state index contributed by atoms with van der Waals surface area (Å²) >= 11 is 3.25. The van der Waals surface area contributed by atoms with Crippen molar-refractivity contribution in [2.45, 2.75) is 19.4 Å². The predicted octanol–water partition coefficient (Wildman–Crippen LogP) is 2.92. The van der Waals surface area contributed by atoms with E-state index in [1.165, 1.54) is 0 Å². The van der Waals surface area contributed by atoms with Crippen molar-refractivity contribution < 1.29 is 4.42 Å². The van der Waals surface area contributed by atoms with E-state index in [1.54, 1.807) is 0 Å². The Bertz CT molecular complexity index is 430. The van der Waals surface area contributed by atoms with Crippen molar-refractivity contribution >= 4 is 15.9 Å². The second-order valence-corrected chi connectivity index (χ2v) is 4.71. The quantitative estimate of drug-likeness (QED) is 0.809. The van der Waals surface area contributed by atoms with Crippen LogP contribution in [0.1, 0.15) is 18.6 Å². The van der Waals surface area contributed by atoms with Crippen LogP contribution in [0.2, 0.25) is 0 Å². The SMILES string of the molecule is CN(Cc1ccc(Br)o1)C[C@@H](C#N)CCC#N. The number of hydrogen-bond donors (Lipinski definition) is 0. The molecule has 5 heteroatoms. The molecule has 0 N–H and O–H groups in total. The molecule has 0 spiro atoms. The summed E-state index contributed by atoms with van der Waals surface area (Å²) < 4.78 is 6.10. The standard InChI is InChI=1S/C12H14BrN3O/c1-16(8-10(7-15)3-2-6-14)9-11-4-5-12(13)17-11/h4-5,10H,2-3,8-9H2,1H3/t10-/m1/s1. The van der Waals surface area contributed by atoms with Crippen LogP contribution < -0.4 is 0 Å². The Hall–Kier alpha value is -1.30. The van der Waals surface area contributed by atoms with Crippen LogP contribution in [0.25, 0.3) is 0 Å². The summed E-state index contributed by atoms with van der Waals surface area (Å²) in [5.41, 5.74) is 0. The fourth-order valence-electron chi connectivity index (χ4n) is 1.58. The number of nitrogens with zero attached hydrogens (tertiary/aromatic N) is 3. The smallest absolute Gasteiger partial charge is 0.169 e. The fourth-order valence-corrected chi connectivity index (χ4v) is 1.92. The van der Waals surface area contributed by atoms with Crippen LogP contribution >= 0.6 is 15.9 Å². The summed E-state index contributed by atoms with van der Waals surface area (Å²) in [4.78, 5) is 2.02. The molecule has 1 aromatic rings. The Labute approximate surface area is 110 Å². The van der Waals surface area contributed by atoms with Gasteiger partial charge in [-0.25, -0.2) is 0 Å². The monoisotopic (exact) mass is 295 g/mol. The lowest BCUT2D eigenvalue weighted by Gasteiger charge is -2.17. The van der Waals surface area contributed by atoms with Gasteiger partial charge in [0.2, 0.25) is 0 Å². The third-order valence-electron chi connectivity index (χ3n) is 2.37. The molecule has 4 nitrogen and oxygen atoms in total. The lowest BCUT2D eigenvalue weighted by atomic mass is 10.1. The molecule has 0 radical (unpaired) electrons. The summed E-state index contributed by atoms with van der Waals surface area (Å²) in [6, 6.07) is 8.04. The van der Waals surface area contributed by atoms with Crippen LogP contribution in [0.3, 0.4) is 0 Å². The first-order valence-corrected chi connectivity index (χ1v) is 6.14. The summed E-state index contributed by atoms with van der Waals surface area (Å²) in [5, 5.41) is 17.4. The van der Waals surface area contributed by atoms with E-state index in [9.17, 15) is 0 Å². The minimum Gasteiger partial charge on any atom is -0.453 e. The maximum absolute atomic E-state index is 8.95. The first kappa shape index (κ1) is 13.8. The van der Waals surface area contributed by atoms with Crippen LogP contribution in [0.5, 0.6) is 0 Å². The largest absolute Gasteiger partial charge is 0.453 e. The molecule has 0 amide bonds. The molecule has 17 heavy (non-hydrogen) atoms. The van der Waals surface area contributed by atoms with Crippen molar-refractivity contribution in [3.8, 4) is 12.1 Å². The molecular weight excluding hydrogens is 282 g/mol. The second-order valence-electron chi connectivity index (χ2n) is 3.93. The van der Waals surface area contributed by atoms with E-state index in [4.69, 9.17) is 14.9 Å². The van der Waals surface area contributed by atoms with Crippen LogP contribution in [-0.4, -0.2) is 18.5 Å². The van der Waals surface area contributed by atoms with E-state index in [0.717, 1.165) is 5.76 Å². The summed E-state index contributed by atoms with van der Waals surface area (Å²) in [6.45, 7) is 1.31. The van der Waals surface area contributed by atoms with Crippen molar-refractivity contribution in [3.05, 3.63) is 22.6 Å². The topological polar surface area (TPSA) is 64.0 Å². The minimum absolute atomic E-state index is 0.0990. The van der Waals surface area contributed by atoms with E-state index in [-0.39, 0.29) is 5.92 Å². The molecule has 1 rings (SSSR count). The normalized spacial score (nSPS) is 12.1. The highest BCUT2D eigenvalue weighted by molar-refractivity contribution is 9.10. The van der Waals surface area contributed by atoms with Gasteiger partial charge in [0.1, 0.15) is 5.76 Å². The van der Waals surface area contributed by atoms with Gasteiger partial charge in [-0.1, -0.05) is 0 Å². The average molecular weight is 296 g/mol. The molecule has 90 valence electrons. The highest BCUT2D eigenvalue weighted by atomic mass is 79.9. The van der Waals surface area contributed by atoms with Gasteiger partial charge in [0.25, 0.3) is 0 Å². The van der Waals surface area contributed by atoms with Crippen molar-refractivity contribution in [2.75, 3.05) is 13.6 Å². The van der Waals surface area contributed by atoms with Crippen molar-refractivity contribution in [3.63, 3.8) is 0 Å². The third kappa shape index (κ3) is 5.04. The maximum atomic E-state index is 8.95. The molecule has 1 heterocycles. The van der Waals surface area contributed by atoms with Crippen LogP contribution in [0.15, 0.2) is 21.2 Å². The van der Waals surface area contributed by atoms with Crippen molar-refractivity contribution in [1.82, 2.24) is 4.90 Å². The van der Waals surface area contributed by atoms with E-state index in [0.29, 0.717) is 30.6 Å². The fraction of sp³-hybridized carbons (Fsp3) is 0.500. The molecule has 0 unspecified atom stereocenters. The Morgan fingerprint density at radius 1 is 1.47 bits per heavy atom. The van der Waals surface area contributed by atoms with Gasteiger partial charge in [-0.05, 0) is 41.5 Å². The highest BCUT2D eigenvalue weighted by Gasteiger charge is 2.12. The molecule has 1 atom stereocenters. The molecule has 0 fully saturated rings. The highest BCUT2D eigenvalue weighted by Crippen LogP contribution is 2.16. The van der Waals surface area contributed by atoms with Crippen LogP contribution in [0.4, 0.5) is 0 Å². The van der Waals surface area contributed by atoms with Gasteiger partial charge in [-0.15, -0.1) is 0 Å². The van der Waals surface area contributed by atoms with Gasteiger partial charge in [-0.2, -0.15) is 10.5 Å². The summed E-state index contributed by atoms with van der Waals surface area (Å²) in [7, 11) is 1.94. The van der Waals surface area contributed by atoms with E-state index in [2.05, 4.69) is 28.1 Å². The van der Waals surface area contributed by atoms with Gasteiger partial charge in [0, 0.05) is 13.0 Å². The molecule has 0 bridgehead atoms. The van der Waals surface area contributed by atoms with Crippen molar-refractivity contribution in [1.29, 1.82) is 10.5 Å². The molecule has 0 saturated heterocycles. The predicted molar refractivity (Wildman–Crippen MR) is 66.7 cm³/mol. The Kier molecular flexibility index (Phi) is 5.76. The van der Waals surface area contributed by atoms with Crippen molar-refractivity contribution in [2.24, 2.45) is 5.92 Å². The number of hydrogen-bond acceptors (Lipinski definition) is 4. The minimum atomic E-state index is -0.0990. The first-order valence-electron chi connectivity index (χ1n) is 5.35. The summed E-state index contributed by atoms with van der Waals surface area (Å²) in [6.07, 6.45) is 1.05. The molecule has 0 aromatic carbocycles. The second kappa shape index (κ2) is 7.11. The summed E-state index contributed by atoms with van der Waals surface area (Å²) in [5.74, 6) is 0.759. The number of rotatable bonds is 6. The zero-order chi connectivity index (χ0) is 12.7. The third-order valence-corrected chi connectivity index (χ3v) is 2.80. The average Bonchev–Trinajstić information content (AvgIpc) is 2.69. The maximum Gasteiger partial charge on any atom is 0.169 e. The molecule has 0 saturated carbocycles. The molecule has 0 aliphatic carbocycles. The number of nitriles is 2. The van der Waals surface area contributed by atoms with E-state index < -0.39 is 0 Å². The lowest BCUT2D eigenvalue weighted by molar-refractivity contribution is 0.265. The Morgan fingerprint density at radius 3 is 2.76 bits per heavy atom. The Balaban J connectivity index is 2.40. The van der Waals surface area contributed by atoms with E-state index >= 15 is 0 Å². The Morgan fingerprint density at radius 2 is 2.24 bits per heavy atom. The van der Waals surface area contributed by atoms with Gasteiger partial charge in [0.05, 0.1) is 24.6 Å². The van der Waals surface area contributed by atoms with Crippen LogP contribution in [-0.2, 0) is 6.54 Å². The van der Waals surface area contributed by atoms with E-state index in [1.807, 2.05) is 24.1 Å². The lowest BCUT2D eigenvalue weighted by Crippen LogP contribution is -2.24. The van der Waals surface area contributed by atoms with Crippen LogP contribution in [0, 0.1) is 28.6 Å². The zero-order valence-corrected chi connectivity index (χ0v) is 11.3. The molecule has 0 aliphatic heterocycles. The van der Waals surface area contributed by atoms with Gasteiger partial charge >= 0.3 is 0 Å². The zero-order valence-electron chi connectivity index (χ0n) is 9.69. The molecule has 0 aliphatic rings. The molecular formula is C12H14BrN3O. The van der Waals surface area contributed by atoms with Gasteiger partial charge in [0.15, 0.2) is 4.67 Å². The number of halogens is 1. The number of furan rings is 1. The van der Waals surface area contributed by atoms with Gasteiger partial charge in [-0.3, -0.25) is 4.90 Å².